The Hall–Kier alpha value is -2.59. The van der Waals surface area contributed by atoms with Crippen LogP contribution >= 0.6 is 0 Å². The lowest BCUT2D eigenvalue weighted by atomic mass is 9.83. The van der Waals surface area contributed by atoms with Crippen LogP contribution in [0.25, 0.3) is 5.70 Å². The first-order valence-electron chi connectivity index (χ1n) is 9.45. The van der Waals surface area contributed by atoms with Gasteiger partial charge in [-0.2, -0.15) is 10.5 Å². The summed E-state index contributed by atoms with van der Waals surface area (Å²) in [5, 5.41) is 22.1. The Bertz CT molecular complexity index is 828. The molecule has 0 amide bonds. The number of ketones is 1. The number of carbonyl (C=O) groups excluding carboxylic acids is 1. The average molecular weight is 347 g/mol. The number of hydrogen-bond acceptors (Lipinski definition) is 4. The molecule has 1 N–H and O–H groups in total. The number of hydrogen-bond donors (Lipinski definition) is 1. The van der Waals surface area contributed by atoms with Gasteiger partial charge < -0.3 is 5.32 Å². The SMILES string of the molecule is CC1(C)Cc2cc(C#N)c(C#N)cc2C(=CC(=O)C2CCCCCC2)N1. The highest BCUT2D eigenvalue weighted by atomic mass is 16.1. The fourth-order valence-corrected chi connectivity index (χ4v) is 4.12. The normalized spacial score (nSPS) is 21.0. The summed E-state index contributed by atoms with van der Waals surface area (Å²) in [6, 6.07) is 7.77. The van der Waals surface area contributed by atoms with Crippen molar-refractivity contribution < 1.29 is 4.79 Å². The summed E-state index contributed by atoms with van der Waals surface area (Å²) in [5.74, 6) is 0.287. The maximum absolute atomic E-state index is 12.9. The Morgan fingerprint density at radius 1 is 1.12 bits per heavy atom. The highest BCUT2D eigenvalue weighted by molar-refractivity contribution is 5.98. The van der Waals surface area contributed by atoms with Crippen molar-refractivity contribution in [3.05, 3.63) is 40.5 Å². The predicted octanol–water partition coefficient (Wildman–Crippen LogP) is 4.23. The van der Waals surface area contributed by atoms with Gasteiger partial charge in [-0.1, -0.05) is 25.7 Å². The molecule has 0 atom stereocenters. The zero-order valence-corrected chi connectivity index (χ0v) is 15.6. The van der Waals surface area contributed by atoms with E-state index >= 15 is 0 Å². The molecule has 134 valence electrons. The third kappa shape index (κ3) is 3.81. The summed E-state index contributed by atoms with van der Waals surface area (Å²) < 4.78 is 0. The monoisotopic (exact) mass is 347 g/mol. The summed E-state index contributed by atoms with van der Waals surface area (Å²) in [6.45, 7) is 4.17. The second-order valence-electron chi connectivity index (χ2n) is 8.11. The van der Waals surface area contributed by atoms with E-state index < -0.39 is 0 Å². The Kier molecular flexibility index (Phi) is 5.14. The van der Waals surface area contributed by atoms with Crippen LogP contribution in [0.2, 0.25) is 0 Å². The third-order valence-corrected chi connectivity index (χ3v) is 5.42. The van der Waals surface area contributed by atoms with Crippen molar-refractivity contribution in [1.82, 2.24) is 5.32 Å². The number of benzene rings is 1. The quantitative estimate of drug-likeness (QED) is 0.641. The first-order valence-corrected chi connectivity index (χ1v) is 9.45. The van der Waals surface area contributed by atoms with E-state index in [9.17, 15) is 15.3 Å². The van der Waals surface area contributed by atoms with Crippen LogP contribution in [-0.2, 0) is 11.2 Å². The van der Waals surface area contributed by atoms with E-state index in [2.05, 4.69) is 31.3 Å². The van der Waals surface area contributed by atoms with E-state index in [0.29, 0.717) is 11.1 Å². The van der Waals surface area contributed by atoms with Gasteiger partial charge in [0, 0.05) is 28.8 Å². The molecule has 1 aliphatic heterocycles. The molecule has 0 bridgehead atoms. The summed E-state index contributed by atoms with van der Waals surface area (Å²) in [7, 11) is 0. The molecule has 0 unspecified atom stereocenters. The smallest absolute Gasteiger partial charge is 0.160 e. The van der Waals surface area contributed by atoms with Crippen LogP contribution in [0.4, 0.5) is 0 Å². The van der Waals surface area contributed by atoms with Gasteiger partial charge in [0.2, 0.25) is 0 Å². The Morgan fingerprint density at radius 3 is 2.35 bits per heavy atom. The van der Waals surface area contributed by atoms with Gasteiger partial charge in [0.05, 0.1) is 11.1 Å². The molecule has 0 saturated heterocycles. The number of rotatable bonds is 2. The van der Waals surface area contributed by atoms with Crippen LogP contribution in [0, 0.1) is 28.6 Å². The van der Waals surface area contributed by atoms with Crippen LogP contribution in [0.1, 0.15) is 74.6 Å². The van der Waals surface area contributed by atoms with Crippen molar-refractivity contribution in [2.45, 2.75) is 64.3 Å². The van der Waals surface area contributed by atoms with Crippen molar-refractivity contribution >= 4 is 11.5 Å². The lowest BCUT2D eigenvalue weighted by molar-refractivity contribution is -0.118. The molecule has 1 saturated carbocycles. The molecule has 1 aromatic rings. The average Bonchev–Trinajstić information content (AvgIpc) is 2.89. The maximum atomic E-state index is 12.9. The van der Waals surface area contributed by atoms with Crippen molar-refractivity contribution in [1.29, 1.82) is 10.5 Å². The second-order valence-corrected chi connectivity index (χ2v) is 8.11. The number of fused-ring (bicyclic) bond motifs is 1. The topological polar surface area (TPSA) is 76.7 Å². The molecule has 4 heteroatoms. The molecule has 4 nitrogen and oxygen atoms in total. The summed E-state index contributed by atoms with van der Waals surface area (Å²) in [6.07, 6.45) is 9.11. The van der Waals surface area contributed by atoms with Crippen LogP contribution in [0.3, 0.4) is 0 Å². The fraction of sp³-hybridized carbons (Fsp3) is 0.500. The summed E-state index contributed by atoms with van der Waals surface area (Å²) in [5.41, 5.74) is 3.24. The van der Waals surface area contributed by atoms with E-state index in [1.54, 1.807) is 18.2 Å². The Morgan fingerprint density at radius 2 is 1.73 bits per heavy atom. The lowest BCUT2D eigenvalue weighted by Crippen LogP contribution is -2.44. The molecule has 26 heavy (non-hydrogen) atoms. The lowest BCUT2D eigenvalue weighted by Gasteiger charge is -2.36. The van der Waals surface area contributed by atoms with E-state index in [1.165, 1.54) is 12.8 Å². The molecule has 1 heterocycles. The molecule has 2 aliphatic rings. The fourth-order valence-electron chi connectivity index (χ4n) is 4.12. The number of nitriles is 2. The van der Waals surface area contributed by atoms with Gasteiger partial charge >= 0.3 is 0 Å². The number of nitrogens with zero attached hydrogens (tertiary/aromatic N) is 2. The van der Waals surface area contributed by atoms with Gasteiger partial charge in [-0.05, 0) is 50.8 Å². The molecule has 1 fully saturated rings. The largest absolute Gasteiger partial charge is 0.379 e. The van der Waals surface area contributed by atoms with Gasteiger partial charge in [-0.15, -0.1) is 0 Å². The molecule has 0 spiro atoms. The molecular weight excluding hydrogens is 322 g/mol. The molecular formula is C22H25N3O. The third-order valence-electron chi connectivity index (χ3n) is 5.42. The number of nitrogens with one attached hydrogen (secondary N) is 1. The highest BCUT2D eigenvalue weighted by Gasteiger charge is 2.30. The molecule has 3 rings (SSSR count). The van der Waals surface area contributed by atoms with Crippen LogP contribution in [-0.4, -0.2) is 11.3 Å². The van der Waals surface area contributed by atoms with Crippen molar-refractivity contribution in [2.75, 3.05) is 0 Å². The van der Waals surface area contributed by atoms with Crippen LogP contribution in [0.15, 0.2) is 18.2 Å². The minimum absolute atomic E-state index is 0.106. The zero-order chi connectivity index (χ0) is 18.7. The Balaban J connectivity index is 2.01. The molecule has 0 aromatic heterocycles. The Labute approximate surface area is 155 Å². The molecule has 0 radical (unpaired) electrons. The van der Waals surface area contributed by atoms with Gasteiger partial charge in [-0.3, -0.25) is 4.79 Å². The first kappa shape index (κ1) is 18.2. The summed E-state index contributed by atoms with van der Waals surface area (Å²) in [4.78, 5) is 12.9. The molecule has 1 aromatic carbocycles. The van der Waals surface area contributed by atoms with Crippen molar-refractivity contribution in [2.24, 2.45) is 5.92 Å². The van der Waals surface area contributed by atoms with E-state index in [-0.39, 0.29) is 17.2 Å². The minimum atomic E-state index is -0.205. The van der Waals surface area contributed by atoms with Crippen molar-refractivity contribution in [3.63, 3.8) is 0 Å². The van der Waals surface area contributed by atoms with Gasteiger partial charge in [0.1, 0.15) is 12.1 Å². The first-order chi connectivity index (χ1) is 12.4. The second kappa shape index (κ2) is 7.34. The van der Waals surface area contributed by atoms with Crippen LogP contribution < -0.4 is 5.32 Å². The standard InChI is InChI=1S/C22H25N3O/c1-22(2)12-16-9-17(13-23)18(14-24)10-19(16)20(25-22)11-21(26)15-7-5-3-4-6-8-15/h9-11,15,25H,3-8,12H2,1-2H3. The van der Waals surface area contributed by atoms with E-state index in [1.807, 2.05) is 0 Å². The molecule has 1 aliphatic carbocycles. The van der Waals surface area contributed by atoms with Gasteiger partial charge in [0.25, 0.3) is 0 Å². The van der Waals surface area contributed by atoms with E-state index in [0.717, 1.165) is 48.9 Å². The number of allylic oxidation sites excluding steroid dienone is 1. The van der Waals surface area contributed by atoms with Gasteiger partial charge in [0.15, 0.2) is 5.78 Å². The highest BCUT2D eigenvalue weighted by Crippen LogP contribution is 2.33. The summed E-state index contributed by atoms with van der Waals surface area (Å²) >= 11 is 0. The van der Waals surface area contributed by atoms with Crippen molar-refractivity contribution in [3.8, 4) is 12.1 Å². The number of carbonyl (C=O) groups is 1. The minimum Gasteiger partial charge on any atom is -0.379 e. The zero-order valence-electron chi connectivity index (χ0n) is 15.6. The maximum Gasteiger partial charge on any atom is 0.160 e. The van der Waals surface area contributed by atoms with E-state index in [4.69, 9.17) is 0 Å². The predicted molar refractivity (Wildman–Crippen MR) is 101 cm³/mol. The van der Waals surface area contributed by atoms with Crippen LogP contribution in [0.5, 0.6) is 0 Å². The van der Waals surface area contributed by atoms with Gasteiger partial charge in [-0.25, -0.2) is 0 Å².